The van der Waals surface area contributed by atoms with Crippen LogP contribution in [-0.4, -0.2) is 17.8 Å². The van der Waals surface area contributed by atoms with E-state index in [1.165, 1.54) is 4.88 Å². The molecule has 0 unspecified atom stereocenters. The van der Waals surface area contributed by atoms with Crippen LogP contribution in [0.25, 0.3) is 0 Å². The van der Waals surface area contributed by atoms with Crippen molar-refractivity contribution in [3.63, 3.8) is 0 Å². The third-order valence-electron chi connectivity index (χ3n) is 2.17. The summed E-state index contributed by atoms with van der Waals surface area (Å²) in [6.45, 7) is 5.25. The number of thiophene rings is 1. The van der Waals surface area contributed by atoms with E-state index >= 15 is 0 Å². The van der Waals surface area contributed by atoms with Gasteiger partial charge in [0.1, 0.15) is 0 Å². The van der Waals surface area contributed by atoms with Crippen LogP contribution >= 0.6 is 27.3 Å². The molecular formula is C10H16BrNOS. The Morgan fingerprint density at radius 2 is 2.21 bits per heavy atom. The zero-order valence-corrected chi connectivity index (χ0v) is 10.9. The molecular weight excluding hydrogens is 262 g/mol. The van der Waals surface area contributed by atoms with Crippen LogP contribution in [0.1, 0.15) is 18.7 Å². The summed E-state index contributed by atoms with van der Waals surface area (Å²) in [5.41, 5.74) is 0. The van der Waals surface area contributed by atoms with Crippen molar-refractivity contribution in [2.24, 2.45) is 5.92 Å². The third kappa shape index (κ3) is 3.69. The molecule has 0 spiro atoms. The second-order valence-corrected chi connectivity index (χ2v) is 6.17. The summed E-state index contributed by atoms with van der Waals surface area (Å²) in [4.78, 5) is 1.29. The molecule has 0 fully saturated rings. The highest BCUT2D eigenvalue weighted by Gasteiger charge is 2.11. The van der Waals surface area contributed by atoms with Gasteiger partial charge in [0.25, 0.3) is 0 Å². The molecule has 2 nitrogen and oxygen atoms in total. The van der Waals surface area contributed by atoms with Crippen molar-refractivity contribution in [1.82, 2.24) is 5.32 Å². The van der Waals surface area contributed by atoms with Crippen LogP contribution in [0.3, 0.4) is 0 Å². The molecule has 14 heavy (non-hydrogen) atoms. The molecule has 1 aromatic heterocycles. The molecule has 2 N–H and O–H groups in total. The minimum Gasteiger partial charge on any atom is -0.395 e. The fourth-order valence-electron chi connectivity index (χ4n) is 1.19. The van der Waals surface area contributed by atoms with Crippen LogP contribution in [-0.2, 0) is 6.54 Å². The molecule has 1 heterocycles. The first kappa shape index (κ1) is 12.2. The van der Waals surface area contributed by atoms with Gasteiger partial charge >= 0.3 is 0 Å². The quantitative estimate of drug-likeness (QED) is 0.867. The van der Waals surface area contributed by atoms with Crippen LogP contribution in [0.2, 0.25) is 0 Å². The van der Waals surface area contributed by atoms with Crippen LogP contribution in [0, 0.1) is 5.92 Å². The Kier molecular flexibility index (Phi) is 5.09. The lowest BCUT2D eigenvalue weighted by Crippen LogP contribution is -2.36. The Hall–Kier alpha value is 0.1000. The molecule has 0 saturated heterocycles. The van der Waals surface area contributed by atoms with Gasteiger partial charge in [0, 0.05) is 17.5 Å². The molecule has 0 amide bonds. The van der Waals surface area contributed by atoms with Crippen LogP contribution < -0.4 is 5.32 Å². The first-order chi connectivity index (χ1) is 6.63. The number of hydrogen-bond donors (Lipinski definition) is 2. The smallest absolute Gasteiger partial charge is 0.0701 e. The molecule has 0 saturated carbocycles. The van der Waals surface area contributed by atoms with E-state index < -0.39 is 0 Å². The summed E-state index contributed by atoms with van der Waals surface area (Å²) in [6, 6.07) is 4.33. The molecule has 80 valence electrons. The minimum absolute atomic E-state index is 0.191. The van der Waals surface area contributed by atoms with Gasteiger partial charge in [-0.05, 0) is 34.0 Å². The third-order valence-corrected chi connectivity index (χ3v) is 3.79. The van der Waals surface area contributed by atoms with Crippen LogP contribution in [0.15, 0.2) is 15.9 Å². The van der Waals surface area contributed by atoms with Crippen molar-refractivity contribution in [2.45, 2.75) is 26.4 Å². The molecule has 0 aliphatic heterocycles. The van der Waals surface area contributed by atoms with Gasteiger partial charge in [-0.1, -0.05) is 13.8 Å². The molecule has 4 heteroatoms. The number of aliphatic hydroxyl groups is 1. The predicted molar refractivity (Wildman–Crippen MR) is 64.6 cm³/mol. The highest BCUT2D eigenvalue weighted by molar-refractivity contribution is 9.11. The molecule has 0 aromatic carbocycles. The van der Waals surface area contributed by atoms with Gasteiger partial charge in [-0.3, -0.25) is 0 Å². The molecule has 0 bridgehead atoms. The summed E-state index contributed by atoms with van der Waals surface area (Å²) in [6.07, 6.45) is 0. The van der Waals surface area contributed by atoms with Crippen molar-refractivity contribution >= 4 is 27.3 Å². The van der Waals surface area contributed by atoms with E-state index in [1.54, 1.807) is 11.3 Å². The number of hydrogen-bond acceptors (Lipinski definition) is 3. The van der Waals surface area contributed by atoms with Gasteiger partial charge in [-0.2, -0.15) is 0 Å². The maximum atomic E-state index is 9.11. The van der Waals surface area contributed by atoms with Crippen molar-refractivity contribution in [3.8, 4) is 0 Å². The van der Waals surface area contributed by atoms with E-state index in [0.717, 1.165) is 10.3 Å². The number of nitrogens with one attached hydrogen (secondary N) is 1. The first-order valence-electron chi connectivity index (χ1n) is 4.72. The summed E-state index contributed by atoms with van der Waals surface area (Å²) in [5, 5.41) is 12.4. The average Bonchev–Trinajstić information content (AvgIpc) is 2.52. The summed E-state index contributed by atoms with van der Waals surface area (Å²) in [5.74, 6) is 0.461. The summed E-state index contributed by atoms with van der Waals surface area (Å²) < 4.78 is 1.15. The Morgan fingerprint density at radius 1 is 1.50 bits per heavy atom. The maximum absolute atomic E-state index is 9.11. The van der Waals surface area contributed by atoms with Gasteiger partial charge in [0.05, 0.1) is 10.4 Å². The standard InChI is InChI=1S/C10H16BrNOS/c1-7(2)9(6-13)12-5-8-3-4-10(11)14-8/h3-4,7,9,12-13H,5-6H2,1-2H3/t9-/m1/s1. The average molecular weight is 278 g/mol. The normalized spacial score (nSPS) is 13.5. The molecule has 0 aliphatic rings. The van der Waals surface area contributed by atoms with E-state index in [9.17, 15) is 0 Å². The largest absolute Gasteiger partial charge is 0.395 e. The van der Waals surface area contributed by atoms with Gasteiger partial charge in [-0.15, -0.1) is 11.3 Å². The maximum Gasteiger partial charge on any atom is 0.0701 e. The fraction of sp³-hybridized carbons (Fsp3) is 0.600. The van der Waals surface area contributed by atoms with E-state index in [4.69, 9.17) is 5.11 Å². The molecule has 0 aliphatic carbocycles. The predicted octanol–water partition coefficient (Wildman–Crippen LogP) is 2.62. The number of rotatable bonds is 5. The Morgan fingerprint density at radius 3 is 2.64 bits per heavy atom. The molecule has 1 atom stereocenters. The van der Waals surface area contributed by atoms with E-state index in [-0.39, 0.29) is 12.6 Å². The van der Waals surface area contributed by atoms with Crippen LogP contribution in [0.4, 0.5) is 0 Å². The molecule has 1 rings (SSSR count). The molecule has 1 aromatic rings. The second kappa shape index (κ2) is 5.85. The van der Waals surface area contributed by atoms with E-state index in [2.05, 4.69) is 41.2 Å². The van der Waals surface area contributed by atoms with E-state index in [1.807, 2.05) is 6.07 Å². The van der Waals surface area contributed by atoms with Crippen LogP contribution in [0.5, 0.6) is 0 Å². The van der Waals surface area contributed by atoms with Crippen molar-refractivity contribution in [1.29, 1.82) is 0 Å². The van der Waals surface area contributed by atoms with Gasteiger partial charge in [0.2, 0.25) is 0 Å². The second-order valence-electron chi connectivity index (χ2n) is 3.62. The summed E-state index contributed by atoms with van der Waals surface area (Å²) >= 11 is 5.15. The SMILES string of the molecule is CC(C)[C@@H](CO)NCc1ccc(Br)s1. The summed E-state index contributed by atoms with van der Waals surface area (Å²) in [7, 11) is 0. The monoisotopic (exact) mass is 277 g/mol. The number of halogens is 1. The van der Waals surface area contributed by atoms with Gasteiger partial charge in [0.15, 0.2) is 0 Å². The van der Waals surface area contributed by atoms with Gasteiger partial charge in [-0.25, -0.2) is 0 Å². The highest BCUT2D eigenvalue weighted by atomic mass is 79.9. The highest BCUT2D eigenvalue weighted by Crippen LogP contribution is 2.21. The Labute approximate surface area is 97.5 Å². The van der Waals surface area contributed by atoms with Crippen molar-refractivity contribution in [3.05, 3.63) is 20.8 Å². The lowest BCUT2D eigenvalue weighted by atomic mass is 10.1. The zero-order valence-electron chi connectivity index (χ0n) is 8.46. The minimum atomic E-state index is 0.191. The van der Waals surface area contributed by atoms with Crippen molar-refractivity contribution in [2.75, 3.05) is 6.61 Å². The topological polar surface area (TPSA) is 32.3 Å². The first-order valence-corrected chi connectivity index (χ1v) is 6.33. The molecule has 0 radical (unpaired) electrons. The fourth-order valence-corrected chi connectivity index (χ4v) is 2.62. The van der Waals surface area contributed by atoms with Crippen molar-refractivity contribution < 1.29 is 5.11 Å². The Balaban J connectivity index is 2.39. The Bertz CT molecular complexity index is 275. The zero-order chi connectivity index (χ0) is 10.6. The lowest BCUT2D eigenvalue weighted by Gasteiger charge is -2.19. The van der Waals surface area contributed by atoms with Gasteiger partial charge < -0.3 is 10.4 Å². The van der Waals surface area contributed by atoms with E-state index in [0.29, 0.717) is 5.92 Å². The lowest BCUT2D eigenvalue weighted by molar-refractivity contribution is 0.210. The number of aliphatic hydroxyl groups excluding tert-OH is 1.